The highest BCUT2D eigenvalue weighted by Crippen LogP contribution is 2.40. The summed E-state index contributed by atoms with van der Waals surface area (Å²) in [5, 5.41) is 3.56. The number of carbonyl (C=O) groups is 1. The fourth-order valence-electron chi connectivity index (χ4n) is 3.84. The Morgan fingerprint density at radius 1 is 1.06 bits per heavy atom. The molecule has 1 aliphatic heterocycles. The second-order valence-corrected chi connectivity index (χ2v) is 9.51. The van der Waals surface area contributed by atoms with Crippen molar-refractivity contribution in [1.82, 2.24) is 5.32 Å². The second kappa shape index (κ2) is 12.0. The lowest BCUT2D eigenvalue weighted by Crippen LogP contribution is -2.26. The van der Waals surface area contributed by atoms with Gasteiger partial charge in [-0.25, -0.2) is 8.42 Å². The third-order valence-electron chi connectivity index (χ3n) is 5.42. The zero-order valence-electron chi connectivity index (χ0n) is 19.8. The van der Waals surface area contributed by atoms with Gasteiger partial charge in [-0.3, -0.25) is 9.10 Å². The van der Waals surface area contributed by atoms with E-state index in [1.807, 2.05) is 64.1 Å². The lowest BCUT2D eigenvalue weighted by atomic mass is 9.96. The number of carbonyl (C=O) groups excluding carboxylic acids is 1. The summed E-state index contributed by atoms with van der Waals surface area (Å²) in [4.78, 5) is 11.8. The molecule has 0 radical (unpaired) electrons. The zero-order valence-corrected chi connectivity index (χ0v) is 20.7. The quantitative estimate of drug-likeness (QED) is 0.445. The summed E-state index contributed by atoms with van der Waals surface area (Å²) in [5.74, 6) is -0.152. The lowest BCUT2D eigenvalue weighted by Gasteiger charge is -2.22. The summed E-state index contributed by atoms with van der Waals surface area (Å²) in [7, 11) is -2.03. The molecular formula is C25H36N2O4S. The maximum Gasteiger partial charge on any atom is 0.305 e. The molecule has 0 aliphatic carbocycles. The molecule has 0 aromatic heterocycles. The Labute approximate surface area is 193 Å². The number of hydrogen-bond donors (Lipinski definition) is 1. The number of hydrogen-bond acceptors (Lipinski definition) is 5. The first-order chi connectivity index (χ1) is 15.4. The molecule has 1 atom stereocenters. The molecule has 0 amide bonds. The van der Waals surface area contributed by atoms with Crippen LogP contribution in [0.25, 0.3) is 0 Å². The predicted octanol–water partition coefficient (Wildman–Crippen LogP) is 4.96. The van der Waals surface area contributed by atoms with Gasteiger partial charge < -0.3 is 10.1 Å². The Balaban J connectivity index is 0.00000176. The number of ether oxygens (including phenoxy) is 1. The number of nitrogens with zero attached hydrogens (tertiary/aromatic N) is 1. The van der Waals surface area contributed by atoms with Crippen LogP contribution in [0.3, 0.4) is 0 Å². The minimum atomic E-state index is -3.64. The maximum atomic E-state index is 13.3. The first-order valence-electron chi connectivity index (χ1n) is 11.4. The molecular weight excluding hydrogens is 424 g/mol. The van der Waals surface area contributed by atoms with Gasteiger partial charge in [-0.2, -0.15) is 0 Å². The van der Waals surface area contributed by atoms with E-state index in [9.17, 15) is 13.2 Å². The Morgan fingerprint density at radius 3 is 2.50 bits per heavy atom. The molecule has 7 heteroatoms. The molecule has 1 unspecified atom stereocenters. The zero-order chi connectivity index (χ0) is 23.7. The number of rotatable bonds is 8. The van der Waals surface area contributed by atoms with Gasteiger partial charge in [0.15, 0.2) is 0 Å². The van der Waals surface area contributed by atoms with Crippen molar-refractivity contribution in [1.29, 1.82) is 0 Å². The van der Waals surface area contributed by atoms with Crippen LogP contribution in [0.5, 0.6) is 0 Å². The average molecular weight is 461 g/mol. The molecule has 0 spiro atoms. The van der Waals surface area contributed by atoms with Crippen LogP contribution in [0.1, 0.15) is 69.2 Å². The Morgan fingerprint density at radius 2 is 1.78 bits per heavy atom. The number of nitrogens with one attached hydrogen (secondary N) is 1. The number of unbranched alkanes of at least 4 members (excludes halogenated alkanes) is 2. The topological polar surface area (TPSA) is 75.7 Å². The average Bonchev–Trinajstić information content (AvgIpc) is 2.85. The third kappa shape index (κ3) is 5.90. The summed E-state index contributed by atoms with van der Waals surface area (Å²) >= 11 is 0. The SMILES string of the molecule is CC.CCOC(=O)CCCCCNC1c2ccccc2N(C)S(=O)(=O)c2cc(C)ccc21. The molecule has 2 aromatic rings. The van der Waals surface area contributed by atoms with Crippen LogP contribution in [-0.2, 0) is 19.6 Å². The monoisotopic (exact) mass is 460 g/mol. The fourth-order valence-corrected chi connectivity index (χ4v) is 5.38. The van der Waals surface area contributed by atoms with Crippen molar-refractivity contribution in [3.05, 3.63) is 59.2 Å². The molecule has 0 saturated heterocycles. The fraction of sp³-hybridized carbons (Fsp3) is 0.480. The van der Waals surface area contributed by atoms with Gasteiger partial charge in [-0.05, 0) is 62.1 Å². The molecule has 32 heavy (non-hydrogen) atoms. The molecule has 1 heterocycles. The molecule has 6 nitrogen and oxygen atoms in total. The van der Waals surface area contributed by atoms with Crippen LogP contribution in [0, 0.1) is 6.92 Å². The molecule has 0 fully saturated rings. The van der Waals surface area contributed by atoms with Crippen LogP contribution in [0.4, 0.5) is 5.69 Å². The van der Waals surface area contributed by atoms with E-state index in [0.717, 1.165) is 42.5 Å². The number of esters is 1. The molecule has 3 rings (SSSR count). The van der Waals surface area contributed by atoms with E-state index in [4.69, 9.17) is 4.74 Å². The first-order valence-corrected chi connectivity index (χ1v) is 12.9. The van der Waals surface area contributed by atoms with Gasteiger partial charge in [0.1, 0.15) is 0 Å². The Bertz CT molecular complexity index is 1000. The highest BCUT2D eigenvalue weighted by atomic mass is 32.2. The van der Waals surface area contributed by atoms with Crippen LogP contribution in [0.15, 0.2) is 47.4 Å². The smallest absolute Gasteiger partial charge is 0.305 e. The molecule has 0 bridgehead atoms. The Kier molecular flexibility index (Phi) is 9.72. The molecule has 176 valence electrons. The van der Waals surface area contributed by atoms with E-state index >= 15 is 0 Å². The molecule has 0 saturated carbocycles. The minimum absolute atomic E-state index is 0.152. The van der Waals surface area contributed by atoms with Gasteiger partial charge in [-0.1, -0.05) is 50.6 Å². The van der Waals surface area contributed by atoms with Crippen molar-refractivity contribution in [3.8, 4) is 0 Å². The second-order valence-electron chi connectivity index (χ2n) is 7.58. The standard InChI is InChI=1S/C23H30N2O4S.C2H6/c1-4-29-22(26)12-6-5-9-15-24-23-18-10-7-8-11-20(18)25(3)30(27,28)21-16-17(2)13-14-19(21)23;1-2/h7-8,10-11,13-14,16,23-24H,4-6,9,12,15H2,1-3H3;1-2H3. The van der Waals surface area contributed by atoms with E-state index in [0.29, 0.717) is 23.6 Å². The molecule has 2 aromatic carbocycles. The summed E-state index contributed by atoms with van der Waals surface area (Å²) in [6.07, 6.45) is 3.01. The van der Waals surface area contributed by atoms with Gasteiger partial charge in [0, 0.05) is 13.5 Å². The van der Waals surface area contributed by atoms with E-state index in [1.165, 1.54) is 4.31 Å². The van der Waals surface area contributed by atoms with Crippen LogP contribution >= 0.6 is 0 Å². The van der Waals surface area contributed by atoms with Gasteiger partial charge in [0.05, 0.1) is 23.2 Å². The van der Waals surface area contributed by atoms with Crippen LogP contribution < -0.4 is 9.62 Å². The number of aryl methyl sites for hydroxylation is 1. The van der Waals surface area contributed by atoms with E-state index in [2.05, 4.69) is 5.32 Å². The normalized spacial score (nSPS) is 16.2. The lowest BCUT2D eigenvalue weighted by molar-refractivity contribution is -0.143. The van der Waals surface area contributed by atoms with Crippen LogP contribution in [-0.4, -0.2) is 34.6 Å². The summed E-state index contributed by atoms with van der Waals surface area (Å²) in [5.41, 5.74) is 3.31. The van der Waals surface area contributed by atoms with Crippen molar-refractivity contribution >= 4 is 21.7 Å². The summed E-state index contributed by atoms with van der Waals surface area (Å²) < 4.78 is 32.9. The van der Waals surface area contributed by atoms with Gasteiger partial charge in [-0.15, -0.1) is 0 Å². The van der Waals surface area contributed by atoms with Gasteiger partial charge in [0.25, 0.3) is 10.0 Å². The van der Waals surface area contributed by atoms with Crippen molar-refractivity contribution in [3.63, 3.8) is 0 Å². The van der Waals surface area contributed by atoms with Gasteiger partial charge in [0.2, 0.25) is 0 Å². The Hall–Kier alpha value is -2.38. The number of para-hydroxylation sites is 1. The van der Waals surface area contributed by atoms with Crippen LogP contribution in [0.2, 0.25) is 0 Å². The molecule has 1 N–H and O–H groups in total. The van der Waals surface area contributed by atoms with Crippen molar-refractivity contribution < 1.29 is 17.9 Å². The molecule has 1 aliphatic rings. The van der Waals surface area contributed by atoms with Gasteiger partial charge >= 0.3 is 5.97 Å². The number of fused-ring (bicyclic) bond motifs is 2. The number of sulfonamides is 1. The third-order valence-corrected chi connectivity index (χ3v) is 7.24. The van der Waals surface area contributed by atoms with Crippen molar-refractivity contribution in [2.75, 3.05) is 24.5 Å². The number of anilines is 1. The first kappa shape index (κ1) is 25.9. The largest absolute Gasteiger partial charge is 0.466 e. The minimum Gasteiger partial charge on any atom is -0.466 e. The predicted molar refractivity (Wildman–Crippen MR) is 130 cm³/mol. The maximum absolute atomic E-state index is 13.3. The highest BCUT2D eigenvalue weighted by Gasteiger charge is 2.34. The summed E-state index contributed by atoms with van der Waals surface area (Å²) in [6, 6.07) is 13.0. The van der Waals surface area contributed by atoms with E-state index < -0.39 is 10.0 Å². The highest BCUT2D eigenvalue weighted by molar-refractivity contribution is 7.92. The van der Waals surface area contributed by atoms with Crippen molar-refractivity contribution in [2.24, 2.45) is 0 Å². The number of benzene rings is 2. The van der Waals surface area contributed by atoms with E-state index in [1.54, 1.807) is 13.1 Å². The van der Waals surface area contributed by atoms with E-state index in [-0.39, 0.29) is 12.0 Å². The van der Waals surface area contributed by atoms with Crippen molar-refractivity contribution in [2.45, 2.75) is 64.3 Å². The summed E-state index contributed by atoms with van der Waals surface area (Å²) in [6.45, 7) is 8.85.